The minimum Gasteiger partial charge on any atom is -0.359 e. The first kappa shape index (κ1) is 11.2. The maximum Gasteiger partial charge on any atom is 0.159 e. The second kappa shape index (κ2) is 5.75. The van der Waals surface area contributed by atoms with Crippen molar-refractivity contribution < 1.29 is 9.47 Å². The fourth-order valence-corrected chi connectivity index (χ4v) is 3.53. The summed E-state index contributed by atoms with van der Waals surface area (Å²) in [5.74, 6) is -0.130. The van der Waals surface area contributed by atoms with E-state index in [-0.39, 0.29) is 5.91 Å². The summed E-state index contributed by atoms with van der Waals surface area (Å²) in [5.41, 5.74) is 1.98. The molecule has 14 heavy (non-hydrogen) atoms. The Bertz CT molecular complexity index is 270. The van der Waals surface area contributed by atoms with Gasteiger partial charge < -0.3 is 9.47 Å². The molecule has 1 rings (SSSR count). The molecule has 1 aromatic carbocycles. The van der Waals surface area contributed by atoms with Crippen molar-refractivity contribution in [3.63, 3.8) is 0 Å². The van der Waals surface area contributed by atoms with Crippen LogP contribution in [0.4, 0.5) is 0 Å². The Kier molecular flexibility index (Phi) is 4.59. The molecule has 1 unspecified atom stereocenters. The van der Waals surface area contributed by atoms with Gasteiger partial charge in [-0.15, -0.1) is 6.58 Å². The maximum absolute atomic E-state index is 5.28. The smallest absolute Gasteiger partial charge is 0.159 e. The predicted molar refractivity (Wildman–Crippen MR) is 61.2 cm³/mol. The first-order valence-electron chi connectivity index (χ1n) is 4.56. The highest BCUT2D eigenvalue weighted by molar-refractivity contribution is 6.78. The van der Waals surface area contributed by atoms with Gasteiger partial charge in [0.05, 0.1) is 0 Å². The third kappa shape index (κ3) is 2.54. The molecule has 0 aliphatic rings. The minimum absolute atomic E-state index is 0.130. The molecule has 1 aromatic rings. The van der Waals surface area contributed by atoms with Crippen molar-refractivity contribution >= 4 is 14.0 Å². The molecule has 3 heteroatoms. The van der Waals surface area contributed by atoms with Crippen LogP contribution in [0.15, 0.2) is 42.6 Å². The summed E-state index contributed by atoms with van der Waals surface area (Å²) in [6.45, 7) is 3.86. The van der Waals surface area contributed by atoms with E-state index < -0.39 is 8.80 Å². The summed E-state index contributed by atoms with van der Waals surface area (Å²) in [5, 5.41) is 1.29. The van der Waals surface area contributed by atoms with Crippen molar-refractivity contribution in [3.05, 3.63) is 42.6 Å². The van der Waals surface area contributed by atoms with Crippen LogP contribution in [0.25, 0.3) is 0 Å². The van der Waals surface area contributed by atoms with Gasteiger partial charge >= 0.3 is 0 Å². The SMILES string of the molecule is C=C[SiH](c1ccccc1)C(OC)OC. The highest BCUT2D eigenvalue weighted by atomic mass is 28.3. The van der Waals surface area contributed by atoms with Crippen LogP contribution in [0.1, 0.15) is 0 Å². The van der Waals surface area contributed by atoms with Crippen molar-refractivity contribution in [1.29, 1.82) is 0 Å². The van der Waals surface area contributed by atoms with Crippen LogP contribution in [0.3, 0.4) is 0 Å². The molecule has 0 aliphatic heterocycles. The Morgan fingerprint density at radius 2 is 1.79 bits per heavy atom. The van der Waals surface area contributed by atoms with E-state index in [0.717, 1.165) is 0 Å². The van der Waals surface area contributed by atoms with Crippen molar-refractivity contribution in [2.75, 3.05) is 14.2 Å². The molecule has 0 saturated heterocycles. The molecule has 0 amide bonds. The van der Waals surface area contributed by atoms with Crippen molar-refractivity contribution in [1.82, 2.24) is 0 Å². The molecule has 76 valence electrons. The van der Waals surface area contributed by atoms with E-state index in [4.69, 9.17) is 9.47 Å². The molecule has 0 heterocycles. The fraction of sp³-hybridized carbons (Fsp3) is 0.273. The number of hydrogen-bond donors (Lipinski definition) is 0. The molecule has 0 radical (unpaired) electrons. The van der Waals surface area contributed by atoms with E-state index in [9.17, 15) is 0 Å². The van der Waals surface area contributed by atoms with Gasteiger partial charge in [0.2, 0.25) is 0 Å². The lowest BCUT2D eigenvalue weighted by molar-refractivity contribution is -0.0450. The van der Waals surface area contributed by atoms with Crippen LogP contribution in [-0.2, 0) is 9.47 Å². The summed E-state index contributed by atoms with van der Waals surface area (Å²) < 4.78 is 10.6. The number of rotatable bonds is 5. The lowest BCUT2D eigenvalue weighted by atomic mass is 10.4. The van der Waals surface area contributed by atoms with Crippen LogP contribution in [-0.4, -0.2) is 28.9 Å². The molecular formula is C11H16O2Si. The summed E-state index contributed by atoms with van der Waals surface area (Å²) in [6.07, 6.45) is 0. The average molecular weight is 208 g/mol. The lowest BCUT2D eigenvalue weighted by Gasteiger charge is -2.20. The van der Waals surface area contributed by atoms with E-state index in [2.05, 4.69) is 18.7 Å². The van der Waals surface area contributed by atoms with E-state index in [1.165, 1.54) is 5.19 Å². The van der Waals surface area contributed by atoms with Crippen LogP contribution in [0.5, 0.6) is 0 Å². The van der Waals surface area contributed by atoms with E-state index in [1.54, 1.807) is 14.2 Å². The van der Waals surface area contributed by atoms with E-state index in [0.29, 0.717) is 0 Å². The van der Waals surface area contributed by atoms with Crippen molar-refractivity contribution in [2.24, 2.45) is 0 Å². The average Bonchev–Trinajstić information content (AvgIpc) is 2.27. The molecule has 0 aliphatic carbocycles. The lowest BCUT2D eigenvalue weighted by Crippen LogP contribution is -2.42. The number of methoxy groups -OCH3 is 2. The summed E-state index contributed by atoms with van der Waals surface area (Å²) in [6, 6.07) is 10.3. The van der Waals surface area contributed by atoms with Gasteiger partial charge in [-0.2, -0.15) is 0 Å². The highest BCUT2D eigenvalue weighted by Crippen LogP contribution is 2.00. The first-order valence-corrected chi connectivity index (χ1v) is 6.47. The van der Waals surface area contributed by atoms with E-state index in [1.807, 2.05) is 23.9 Å². The molecule has 0 aromatic heterocycles. The Morgan fingerprint density at radius 3 is 2.21 bits per heavy atom. The zero-order chi connectivity index (χ0) is 10.4. The Morgan fingerprint density at radius 1 is 1.21 bits per heavy atom. The van der Waals surface area contributed by atoms with Crippen LogP contribution in [0, 0.1) is 0 Å². The van der Waals surface area contributed by atoms with Gasteiger partial charge in [0.1, 0.15) is 5.91 Å². The topological polar surface area (TPSA) is 18.5 Å². The van der Waals surface area contributed by atoms with Gasteiger partial charge in [0.25, 0.3) is 0 Å². The molecule has 2 nitrogen and oxygen atoms in total. The number of hydrogen-bond acceptors (Lipinski definition) is 2. The standard InChI is InChI=1S/C11H16O2Si/c1-4-14(11(12-2)13-3)10-8-6-5-7-9-10/h4-9,11,14H,1H2,2-3H3. The molecule has 0 saturated carbocycles. The van der Waals surface area contributed by atoms with Gasteiger partial charge in [0.15, 0.2) is 8.80 Å². The zero-order valence-electron chi connectivity index (χ0n) is 8.64. The molecule has 1 atom stereocenters. The van der Waals surface area contributed by atoms with Crippen molar-refractivity contribution in [3.8, 4) is 0 Å². The minimum atomic E-state index is -1.37. The molecule has 0 bridgehead atoms. The zero-order valence-corrected chi connectivity index (χ0v) is 9.80. The van der Waals surface area contributed by atoms with Crippen molar-refractivity contribution in [2.45, 2.75) is 5.91 Å². The van der Waals surface area contributed by atoms with Gasteiger partial charge in [0, 0.05) is 14.2 Å². The normalized spacial score (nSPS) is 12.8. The number of benzene rings is 1. The quantitative estimate of drug-likeness (QED) is 0.531. The van der Waals surface area contributed by atoms with Crippen LogP contribution in [0.2, 0.25) is 0 Å². The van der Waals surface area contributed by atoms with Gasteiger partial charge in [-0.3, -0.25) is 0 Å². The number of ether oxygens (including phenoxy) is 2. The largest absolute Gasteiger partial charge is 0.359 e. The summed E-state index contributed by atoms with van der Waals surface area (Å²) >= 11 is 0. The second-order valence-corrected chi connectivity index (χ2v) is 5.75. The molecule has 0 N–H and O–H groups in total. The van der Waals surface area contributed by atoms with Gasteiger partial charge in [-0.25, -0.2) is 0 Å². The van der Waals surface area contributed by atoms with E-state index >= 15 is 0 Å². The molecule has 0 fully saturated rings. The van der Waals surface area contributed by atoms with Gasteiger partial charge in [-0.1, -0.05) is 41.2 Å². The third-order valence-corrected chi connectivity index (χ3v) is 4.99. The monoisotopic (exact) mass is 208 g/mol. The third-order valence-electron chi connectivity index (χ3n) is 2.20. The molecule has 0 spiro atoms. The Hall–Kier alpha value is -0.903. The molecular weight excluding hydrogens is 192 g/mol. The van der Waals surface area contributed by atoms with Gasteiger partial charge in [-0.05, 0) is 0 Å². The highest BCUT2D eigenvalue weighted by Gasteiger charge is 2.21. The van der Waals surface area contributed by atoms with Crippen LogP contribution < -0.4 is 5.19 Å². The predicted octanol–water partition coefficient (Wildman–Crippen LogP) is 1.00. The Balaban J connectivity index is 2.86. The Labute approximate surface area is 86.8 Å². The summed E-state index contributed by atoms with van der Waals surface area (Å²) in [7, 11) is 1.97. The summed E-state index contributed by atoms with van der Waals surface area (Å²) in [4.78, 5) is 0. The first-order chi connectivity index (χ1) is 6.83. The fourth-order valence-electron chi connectivity index (χ4n) is 1.47. The van der Waals surface area contributed by atoms with Crippen LogP contribution >= 0.6 is 0 Å². The maximum atomic E-state index is 5.28. The second-order valence-electron chi connectivity index (χ2n) is 3.01.